The number of nitrogens with one attached hydrogen (secondary N) is 1. The third-order valence-corrected chi connectivity index (χ3v) is 4.15. The number of halogens is 2. The minimum absolute atomic E-state index is 0.0201. The number of fused-ring (bicyclic) bond motifs is 1. The molecule has 0 saturated heterocycles. The van der Waals surface area contributed by atoms with E-state index in [4.69, 9.17) is 11.6 Å². The number of anilines is 1. The highest BCUT2D eigenvalue weighted by Gasteiger charge is 2.20. The van der Waals surface area contributed by atoms with Crippen LogP contribution in [0, 0.1) is 0 Å². The van der Waals surface area contributed by atoms with Gasteiger partial charge in [0.2, 0.25) is 5.91 Å². The summed E-state index contributed by atoms with van der Waals surface area (Å²) in [6, 6.07) is 10.8. The number of hydrogen-bond acceptors (Lipinski definition) is 2. The zero-order valence-electron chi connectivity index (χ0n) is 10.4. The van der Waals surface area contributed by atoms with E-state index in [9.17, 15) is 9.90 Å². The molecular formula is C15H11BrClNO2. The van der Waals surface area contributed by atoms with Crippen LogP contribution in [0.5, 0.6) is 0 Å². The van der Waals surface area contributed by atoms with Gasteiger partial charge in [0, 0.05) is 20.7 Å². The molecule has 1 atom stereocenters. The van der Waals surface area contributed by atoms with Crippen LogP contribution in [0.1, 0.15) is 22.8 Å². The molecule has 3 nitrogen and oxygen atoms in total. The van der Waals surface area contributed by atoms with E-state index in [1.165, 1.54) is 0 Å². The summed E-state index contributed by atoms with van der Waals surface area (Å²) >= 11 is 9.50. The lowest BCUT2D eigenvalue weighted by Gasteiger charge is -2.14. The lowest BCUT2D eigenvalue weighted by Crippen LogP contribution is -2.03. The van der Waals surface area contributed by atoms with E-state index >= 15 is 0 Å². The van der Waals surface area contributed by atoms with Gasteiger partial charge in [-0.1, -0.05) is 45.7 Å². The Hall–Kier alpha value is -1.36. The fourth-order valence-electron chi connectivity index (χ4n) is 2.32. The quantitative estimate of drug-likeness (QED) is 0.866. The van der Waals surface area contributed by atoms with Crippen LogP contribution in [-0.4, -0.2) is 11.0 Å². The van der Waals surface area contributed by atoms with Crippen molar-refractivity contribution in [3.05, 3.63) is 62.6 Å². The van der Waals surface area contributed by atoms with Crippen LogP contribution in [0.15, 0.2) is 40.9 Å². The van der Waals surface area contributed by atoms with E-state index in [2.05, 4.69) is 21.2 Å². The molecule has 1 aliphatic heterocycles. The van der Waals surface area contributed by atoms with Gasteiger partial charge in [-0.2, -0.15) is 0 Å². The summed E-state index contributed by atoms with van der Waals surface area (Å²) in [5, 5.41) is 13.7. The molecule has 1 aliphatic rings. The maximum Gasteiger partial charge on any atom is 0.228 e. The van der Waals surface area contributed by atoms with E-state index < -0.39 is 6.10 Å². The van der Waals surface area contributed by atoms with Crippen molar-refractivity contribution in [2.24, 2.45) is 0 Å². The summed E-state index contributed by atoms with van der Waals surface area (Å²) in [6.07, 6.45) is -0.458. The van der Waals surface area contributed by atoms with Crippen LogP contribution >= 0.6 is 27.5 Å². The normalized spacial score (nSPS) is 14.8. The first-order valence-electron chi connectivity index (χ1n) is 6.10. The van der Waals surface area contributed by atoms with Crippen LogP contribution in [0.3, 0.4) is 0 Å². The van der Waals surface area contributed by atoms with Gasteiger partial charge in [-0.3, -0.25) is 4.79 Å². The molecule has 0 aromatic heterocycles. The highest BCUT2D eigenvalue weighted by Crippen LogP contribution is 2.33. The molecule has 0 spiro atoms. The zero-order chi connectivity index (χ0) is 14.3. The van der Waals surface area contributed by atoms with Gasteiger partial charge in [-0.25, -0.2) is 0 Å². The second-order valence-corrected chi connectivity index (χ2v) is 6.03. The number of rotatable bonds is 2. The molecule has 0 aliphatic carbocycles. The van der Waals surface area contributed by atoms with E-state index in [1.54, 1.807) is 18.2 Å². The van der Waals surface area contributed by atoms with E-state index in [0.29, 0.717) is 17.0 Å². The molecule has 0 saturated carbocycles. The molecule has 2 N–H and O–H groups in total. The number of carbonyl (C=O) groups excluding carboxylic acids is 1. The van der Waals surface area contributed by atoms with Crippen molar-refractivity contribution in [3.8, 4) is 0 Å². The first kappa shape index (κ1) is 13.6. The van der Waals surface area contributed by atoms with Crippen LogP contribution in [0.25, 0.3) is 0 Å². The number of carbonyl (C=O) groups is 1. The summed E-state index contributed by atoms with van der Waals surface area (Å²) in [5.74, 6) is -0.0201. The zero-order valence-corrected chi connectivity index (χ0v) is 12.7. The summed E-state index contributed by atoms with van der Waals surface area (Å²) < 4.78 is 0.863. The van der Waals surface area contributed by atoms with Gasteiger partial charge in [0.25, 0.3) is 0 Å². The Morgan fingerprint density at radius 1 is 1.25 bits per heavy atom. The lowest BCUT2D eigenvalue weighted by atomic mass is 9.99. The third-order valence-electron chi connectivity index (χ3n) is 3.33. The second kappa shape index (κ2) is 5.20. The van der Waals surface area contributed by atoms with Gasteiger partial charge in [0.15, 0.2) is 0 Å². The smallest absolute Gasteiger partial charge is 0.228 e. The highest BCUT2D eigenvalue weighted by molar-refractivity contribution is 9.10. The van der Waals surface area contributed by atoms with Gasteiger partial charge in [0.05, 0.1) is 6.42 Å². The Kier molecular flexibility index (Phi) is 3.54. The standard InChI is InChI=1S/C15H11BrClNO2/c16-10-2-3-11(12(17)7-10)15(20)8-1-4-13-9(5-8)6-14(19)18-13/h1-5,7,15,20H,6H2,(H,18,19). The molecular weight excluding hydrogens is 342 g/mol. The maximum absolute atomic E-state index is 11.3. The molecule has 102 valence electrons. The van der Waals surface area contributed by atoms with Crippen molar-refractivity contribution in [3.63, 3.8) is 0 Å². The fourth-order valence-corrected chi connectivity index (χ4v) is 3.10. The van der Waals surface area contributed by atoms with Crippen LogP contribution < -0.4 is 5.32 Å². The molecule has 0 radical (unpaired) electrons. The van der Waals surface area contributed by atoms with Gasteiger partial charge in [-0.05, 0) is 29.3 Å². The highest BCUT2D eigenvalue weighted by atomic mass is 79.9. The number of hydrogen-bond donors (Lipinski definition) is 2. The molecule has 3 rings (SSSR count). The first-order valence-corrected chi connectivity index (χ1v) is 7.27. The van der Waals surface area contributed by atoms with Gasteiger partial charge >= 0.3 is 0 Å². The second-order valence-electron chi connectivity index (χ2n) is 4.71. The molecule has 2 aromatic carbocycles. The fraction of sp³-hybridized carbons (Fsp3) is 0.133. The number of aliphatic hydroxyl groups excluding tert-OH is 1. The number of amides is 1. The molecule has 2 aromatic rings. The predicted octanol–water partition coefficient (Wildman–Crippen LogP) is 3.68. The maximum atomic E-state index is 11.3. The number of benzene rings is 2. The molecule has 1 amide bonds. The first-order chi connectivity index (χ1) is 9.54. The third kappa shape index (κ3) is 2.46. The Morgan fingerprint density at radius 3 is 2.80 bits per heavy atom. The minimum Gasteiger partial charge on any atom is -0.384 e. The molecule has 0 fully saturated rings. The molecule has 0 bridgehead atoms. The van der Waals surface area contributed by atoms with Crippen LogP contribution in [0.2, 0.25) is 5.02 Å². The Bertz CT molecular complexity index is 702. The summed E-state index contributed by atoms with van der Waals surface area (Å²) in [6.45, 7) is 0. The van der Waals surface area contributed by atoms with Crippen molar-refractivity contribution < 1.29 is 9.90 Å². The van der Waals surface area contributed by atoms with Crippen LogP contribution in [0.4, 0.5) is 5.69 Å². The molecule has 1 heterocycles. The van der Waals surface area contributed by atoms with E-state index in [0.717, 1.165) is 21.3 Å². The van der Waals surface area contributed by atoms with Gasteiger partial charge in [0.1, 0.15) is 6.10 Å². The molecule has 20 heavy (non-hydrogen) atoms. The Morgan fingerprint density at radius 2 is 2.05 bits per heavy atom. The Labute approximate surface area is 129 Å². The average Bonchev–Trinajstić information content (AvgIpc) is 2.77. The van der Waals surface area contributed by atoms with Gasteiger partial charge < -0.3 is 10.4 Å². The van der Waals surface area contributed by atoms with E-state index in [-0.39, 0.29) is 5.91 Å². The topological polar surface area (TPSA) is 49.3 Å². The van der Waals surface area contributed by atoms with E-state index in [1.807, 2.05) is 18.2 Å². The lowest BCUT2D eigenvalue weighted by molar-refractivity contribution is -0.115. The average molecular weight is 353 g/mol. The van der Waals surface area contributed by atoms with Crippen molar-refractivity contribution in [1.29, 1.82) is 0 Å². The van der Waals surface area contributed by atoms with Crippen molar-refractivity contribution in [2.75, 3.05) is 5.32 Å². The summed E-state index contributed by atoms with van der Waals surface area (Å²) in [7, 11) is 0. The minimum atomic E-state index is -0.809. The van der Waals surface area contributed by atoms with Crippen LogP contribution in [-0.2, 0) is 11.2 Å². The Balaban J connectivity index is 1.97. The van der Waals surface area contributed by atoms with Gasteiger partial charge in [-0.15, -0.1) is 0 Å². The van der Waals surface area contributed by atoms with Crippen molar-refractivity contribution in [2.45, 2.75) is 12.5 Å². The predicted molar refractivity (Wildman–Crippen MR) is 82.0 cm³/mol. The van der Waals surface area contributed by atoms with Crippen molar-refractivity contribution >= 4 is 39.1 Å². The van der Waals surface area contributed by atoms with Crippen molar-refractivity contribution in [1.82, 2.24) is 0 Å². The largest absolute Gasteiger partial charge is 0.384 e. The number of aliphatic hydroxyl groups is 1. The summed E-state index contributed by atoms with van der Waals surface area (Å²) in [4.78, 5) is 11.3. The molecule has 5 heteroatoms. The monoisotopic (exact) mass is 351 g/mol. The SMILES string of the molecule is O=C1Cc2cc(C(O)c3ccc(Br)cc3Cl)ccc2N1. The molecule has 1 unspecified atom stereocenters. The summed E-state index contributed by atoms with van der Waals surface area (Å²) in [5.41, 5.74) is 3.09.